The number of hydrogen-bond donors (Lipinski definition) is 0. The van der Waals surface area contributed by atoms with Crippen molar-refractivity contribution in [3.63, 3.8) is 0 Å². The fraction of sp³-hybridized carbons (Fsp3) is 0.381. The maximum atomic E-state index is 12.0. The summed E-state index contributed by atoms with van der Waals surface area (Å²) in [4.78, 5) is 20.2. The van der Waals surface area contributed by atoms with E-state index in [9.17, 15) is 10.1 Å². The first-order chi connectivity index (χ1) is 13.1. The van der Waals surface area contributed by atoms with Crippen molar-refractivity contribution in [1.29, 1.82) is 5.26 Å². The van der Waals surface area contributed by atoms with E-state index in [0.29, 0.717) is 44.4 Å². The summed E-state index contributed by atoms with van der Waals surface area (Å²) in [5.41, 5.74) is 2.53. The van der Waals surface area contributed by atoms with E-state index >= 15 is 0 Å². The van der Waals surface area contributed by atoms with Gasteiger partial charge in [0.25, 0.3) is 0 Å². The van der Waals surface area contributed by atoms with E-state index < -0.39 is 0 Å². The number of nitriles is 1. The minimum absolute atomic E-state index is 0.192. The number of carbonyl (C=O) groups is 1. The summed E-state index contributed by atoms with van der Waals surface area (Å²) >= 11 is 0. The van der Waals surface area contributed by atoms with Crippen LogP contribution in [0.25, 0.3) is 12.2 Å². The number of anilines is 1. The molecule has 1 aliphatic rings. The highest BCUT2D eigenvalue weighted by atomic mass is 16.4. The summed E-state index contributed by atoms with van der Waals surface area (Å²) in [5.74, 6) is 1.09. The van der Waals surface area contributed by atoms with Crippen molar-refractivity contribution >= 4 is 23.9 Å². The van der Waals surface area contributed by atoms with E-state index in [1.807, 2.05) is 54.0 Å². The lowest BCUT2D eigenvalue weighted by Gasteiger charge is -2.34. The summed E-state index contributed by atoms with van der Waals surface area (Å²) in [5, 5.41) is 9.40. The van der Waals surface area contributed by atoms with Crippen LogP contribution in [0.3, 0.4) is 0 Å². The summed E-state index contributed by atoms with van der Waals surface area (Å²) in [6, 6.07) is 10.2. The first-order valence-corrected chi connectivity index (χ1v) is 9.29. The Bertz CT molecular complexity index is 853. The molecule has 0 N–H and O–H groups in total. The van der Waals surface area contributed by atoms with E-state index in [1.165, 1.54) is 5.56 Å². The molecule has 27 heavy (non-hydrogen) atoms. The molecule has 2 heterocycles. The van der Waals surface area contributed by atoms with Gasteiger partial charge in [0.05, 0.1) is 0 Å². The molecule has 3 rings (SSSR count). The Hall–Kier alpha value is -3.07. The topological polar surface area (TPSA) is 73.4 Å². The molecule has 0 bridgehead atoms. The molecular formula is C21H24N4O2. The van der Waals surface area contributed by atoms with Crippen LogP contribution in [-0.2, 0) is 4.79 Å². The monoisotopic (exact) mass is 364 g/mol. The third kappa shape index (κ3) is 4.56. The molecule has 1 fully saturated rings. The highest BCUT2D eigenvalue weighted by Gasteiger charge is 2.25. The minimum Gasteiger partial charge on any atom is -0.420 e. The average molecular weight is 364 g/mol. The molecule has 0 spiro atoms. The van der Waals surface area contributed by atoms with Crippen LogP contribution in [-0.4, -0.2) is 42.0 Å². The Balaban J connectivity index is 1.69. The van der Waals surface area contributed by atoms with Crippen LogP contribution in [0.5, 0.6) is 0 Å². The van der Waals surface area contributed by atoms with Crippen molar-refractivity contribution in [2.75, 3.05) is 31.1 Å². The molecule has 1 aliphatic heterocycles. The molecule has 1 aromatic carbocycles. The van der Waals surface area contributed by atoms with Crippen LogP contribution in [0.2, 0.25) is 0 Å². The lowest BCUT2D eigenvalue weighted by atomic mass is 10.1. The average Bonchev–Trinajstić information content (AvgIpc) is 3.11. The second-order valence-corrected chi connectivity index (χ2v) is 6.68. The highest BCUT2D eigenvalue weighted by Crippen LogP contribution is 2.24. The normalized spacial score (nSPS) is 14.6. The van der Waals surface area contributed by atoms with Gasteiger partial charge in [0.1, 0.15) is 6.07 Å². The van der Waals surface area contributed by atoms with Crippen molar-refractivity contribution in [2.24, 2.45) is 0 Å². The Kier molecular flexibility index (Phi) is 5.92. The number of rotatable bonds is 5. The van der Waals surface area contributed by atoms with Gasteiger partial charge in [-0.15, -0.1) is 0 Å². The van der Waals surface area contributed by atoms with Crippen molar-refractivity contribution < 1.29 is 9.21 Å². The van der Waals surface area contributed by atoms with Crippen LogP contribution in [0.15, 0.2) is 28.7 Å². The number of hydrogen-bond acceptors (Lipinski definition) is 5. The Morgan fingerprint density at radius 2 is 1.93 bits per heavy atom. The fourth-order valence-corrected chi connectivity index (χ4v) is 3.06. The minimum atomic E-state index is 0.192. The van der Waals surface area contributed by atoms with Crippen LogP contribution in [0, 0.1) is 18.3 Å². The molecule has 6 nitrogen and oxygen atoms in total. The van der Waals surface area contributed by atoms with Crippen LogP contribution >= 0.6 is 0 Å². The Labute approximate surface area is 159 Å². The molecule has 1 aromatic heterocycles. The van der Waals surface area contributed by atoms with Gasteiger partial charge in [-0.2, -0.15) is 10.2 Å². The van der Waals surface area contributed by atoms with E-state index in [2.05, 4.69) is 11.1 Å². The van der Waals surface area contributed by atoms with Crippen LogP contribution in [0.4, 0.5) is 5.88 Å². The van der Waals surface area contributed by atoms with Crippen molar-refractivity contribution in [3.05, 3.63) is 47.0 Å². The van der Waals surface area contributed by atoms with Crippen LogP contribution < -0.4 is 4.90 Å². The van der Waals surface area contributed by atoms with E-state index in [4.69, 9.17) is 4.42 Å². The summed E-state index contributed by atoms with van der Waals surface area (Å²) in [6.07, 6.45) is 5.13. The van der Waals surface area contributed by atoms with Gasteiger partial charge in [0, 0.05) is 38.7 Å². The number of aryl methyl sites for hydroxylation is 1. The third-order valence-electron chi connectivity index (χ3n) is 4.61. The van der Waals surface area contributed by atoms with Gasteiger partial charge >= 0.3 is 0 Å². The van der Waals surface area contributed by atoms with Gasteiger partial charge in [-0.05, 0) is 25.0 Å². The van der Waals surface area contributed by atoms with Gasteiger partial charge in [-0.3, -0.25) is 4.79 Å². The predicted molar refractivity (Wildman–Crippen MR) is 105 cm³/mol. The number of amides is 1. The van der Waals surface area contributed by atoms with Gasteiger partial charge in [-0.1, -0.05) is 36.8 Å². The summed E-state index contributed by atoms with van der Waals surface area (Å²) in [7, 11) is 0. The molecule has 0 atom stereocenters. The van der Waals surface area contributed by atoms with E-state index in [1.54, 1.807) is 6.08 Å². The molecular weight excluding hydrogens is 340 g/mol. The van der Waals surface area contributed by atoms with Crippen molar-refractivity contribution in [2.45, 2.75) is 26.7 Å². The number of oxazole rings is 1. The molecule has 1 saturated heterocycles. The molecule has 140 valence electrons. The third-order valence-corrected chi connectivity index (χ3v) is 4.61. The van der Waals surface area contributed by atoms with E-state index in [0.717, 1.165) is 12.0 Å². The zero-order chi connectivity index (χ0) is 19.2. The SMILES string of the molecule is CCCC(=O)N1CCN(c2oc(/C=C/c3ccc(C)cc3)nc2C#N)CC1. The molecule has 0 unspecified atom stereocenters. The molecule has 0 radical (unpaired) electrons. The van der Waals surface area contributed by atoms with Gasteiger partial charge < -0.3 is 14.2 Å². The second-order valence-electron chi connectivity index (χ2n) is 6.68. The predicted octanol–water partition coefficient (Wildman–Crippen LogP) is 3.47. The van der Waals surface area contributed by atoms with Crippen molar-refractivity contribution in [1.82, 2.24) is 9.88 Å². The van der Waals surface area contributed by atoms with Crippen LogP contribution in [0.1, 0.15) is 42.5 Å². The van der Waals surface area contributed by atoms with Crippen molar-refractivity contribution in [3.8, 4) is 6.07 Å². The zero-order valence-electron chi connectivity index (χ0n) is 15.8. The molecule has 2 aromatic rings. The Morgan fingerprint density at radius 1 is 1.22 bits per heavy atom. The van der Waals surface area contributed by atoms with Gasteiger partial charge in [0.15, 0.2) is 0 Å². The molecule has 6 heteroatoms. The lowest BCUT2D eigenvalue weighted by Crippen LogP contribution is -2.48. The fourth-order valence-electron chi connectivity index (χ4n) is 3.06. The van der Waals surface area contributed by atoms with E-state index in [-0.39, 0.29) is 11.6 Å². The number of carbonyl (C=O) groups excluding carboxylic acids is 1. The molecule has 1 amide bonds. The zero-order valence-corrected chi connectivity index (χ0v) is 15.8. The van der Waals surface area contributed by atoms with Gasteiger partial charge in [-0.25, -0.2) is 0 Å². The number of nitrogens with zero attached hydrogens (tertiary/aromatic N) is 4. The summed E-state index contributed by atoms with van der Waals surface area (Å²) in [6.45, 7) is 6.61. The quantitative estimate of drug-likeness (QED) is 0.812. The number of aromatic nitrogens is 1. The first kappa shape index (κ1) is 18.7. The smallest absolute Gasteiger partial charge is 0.235 e. The highest BCUT2D eigenvalue weighted by molar-refractivity contribution is 5.76. The lowest BCUT2D eigenvalue weighted by molar-refractivity contribution is -0.131. The second kappa shape index (κ2) is 8.54. The molecule has 0 aliphatic carbocycles. The van der Waals surface area contributed by atoms with Gasteiger partial charge in [0.2, 0.25) is 23.4 Å². The standard InChI is InChI=1S/C21H24N4O2/c1-3-4-20(26)24-11-13-25(14-12-24)21-18(15-22)23-19(27-21)10-9-17-7-5-16(2)6-8-17/h5-10H,3-4,11-14H2,1-2H3/b10-9+. The molecule has 0 saturated carbocycles. The Morgan fingerprint density at radius 3 is 2.56 bits per heavy atom. The maximum Gasteiger partial charge on any atom is 0.235 e. The number of benzene rings is 1. The maximum absolute atomic E-state index is 12.0. The first-order valence-electron chi connectivity index (χ1n) is 9.29. The number of piperazine rings is 1. The largest absolute Gasteiger partial charge is 0.420 e. The summed E-state index contributed by atoms with van der Waals surface area (Å²) < 4.78 is 5.84.